The van der Waals surface area contributed by atoms with E-state index in [0.29, 0.717) is 44.0 Å². The van der Waals surface area contributed by atoms with E-state index in [9.17, 15) is 9.59 Å². The van der Waals surface area contributed by atoms with Gasteiger partial charge in [-0.05, 0) is 56.5 Å². The molecule has 3 aromatic rings. The fourth-order valence-electron chi connectivity index (χ4n) is 3.91. The molecule has 9 heteroatoms. The fourth-order valence-corrected chi connectivity index (χ4v) is 3.91. The number of aromatic nitrogens is 4. The number of benzene rings is 1. The van der Waals surface area contributed by atoms with Gasteiger partial charge in [-0.1, -0.05) is 12.1 Å². The van der Waals surface area contributed by atoms with Crippen LogP contribution in [-0.2, 0) is 11.3 Å². The van der Waals surface area contributed by atoms with Crippen LogP contribution in [-0.4, -0.2) is 44.7 Å². The molecule has 0 saturated carbocycles. The maximum Gasteiger partial charge on any atom is 0.269 e. The highest BCUT2D eigenvalue weighted by molar-refractivity contribution is 5.95. The van der Waals surface area contributed by atoms with Crippen molar-refractivity contribution in [2.75, 3.05) is 18.0 Å². The van der Waals surface area contributed by atoms with Gasteiger partial charge in [0.15, 0.2) is 0 Å². The molecule has 0 atom stereocenters. The Balaban J connectivity index is 1.28. The number of amides is 2. The second kappa shape index (κ2) is 9.59. The van der Waals surface area contributed by atoms with Crippen LogP contribution in [0.15, 0.2) is 48.8 Å². The van der Waals surface area contributed by atoms with E-state index in [4.69, 9.17) is 0 Å². The topological polar surface area (TPSA) is 105 Å². The molecule has 2 N–H and O–H groups in total. The predicted octanol–water partition coefficient (Wildman–Crippen LogP) is 2.02. The summed E-state index contributed by atoms with van der Waals surface area (Å²) in [7, 11) is 0. The van der Waals surface area contributed by atoms with Gasteiger partial charge in [0, 0.05) is 42.7 Å². The first-order valence-corrected chi connectivity index (χ1v) is 10.7. The molecule has 0 aliphatic carbocycles. The Morgan fingerprint density at radius 1 is 1.03 bits per heavy atom. The first-order chi connectivity index (χ1) is 15.5. The Bertz CT molecular complexity index is 1090. The lowest BCUT2D eigenvalue weighted by Crippen LogP contribution is -2.47. The zero-order valence-corrected chi connectivity index (χ0v) is 18.3. The Hall–Kier alpha value is -3.75. The van der Waals surface area contributed by atoms with Crippen molar-refractivity contribution in [2.24, 2.45) is 5.92 Å². The lowest BCUT2D eigenvalue weighted by molar-refractivity contribution is -0.126. The maximum atomic E-state index is 12.6. The number of hydrazine groups is 1. The van der Waals surface area contributed by atoms with Crippen LogP contribution >= 0.6 is 0 Å². The number of anilines is 1. The Kier molecular flexibility index (Phi) is 6.44. The first-order valence-electron chi connectivity index (χ1n) is 10.7. The Morgan fingerprint density at radius 2 is 1.78 bits per heavy atom. The SMILES string of the molecule is Cc1cc(C)n(Cc2cccc(C(=O)NNC(=O)C3CCN(c4ncccn4)CC3)c2)n1. The molecule has 1 saturated heterocycles. The van der Waals surface area contributed by atoms with Gasteiger partial charge in [0.1, 0.15) is 0 Å². The van der Waals surface area contributed by atoms with Crippen molar-refractivity contribution in [3.05, 3.63) is 71.3 Å². The van der Waals surface area contributed by atoms with Crippen LogP contribution in [0.5, 0.6) is 0 Å². The van der Waals surface area contributed by atoms with E-state index in [2.05, 4.69) is 30.8 Å². The predicted molar refractivity (Wildman–Crippen MR) is 120 cm³/mol. The van der Waals surface area contributed by atoms with Gasteiger partial charge in [0.05, 0.1) is 12.2 Å². The summed E-state index contributed by atoms with van der Waals surface area (Å²) in [6.45, 7) is 5.93. The smallest absolute Gasteiger partial charge is 0.269 e. The zero-order valence-electron chi connectivity index (χ0n) is 18.3. The quantitative estimate of drug-likeness (QED) is 0.597. The average molecular weight is 434 g/mol. The van der Waals surface area contributed by atoms with Crippen molar-refractivity contribution in [3.63, 3.8) is 0 Å². The standard InChI is InChI=1S/C23H27N7O2/c1-16-13-17(2)30(28-16)15-18-5-3-6-20(14-18)22(32)27-26-21(31)19-7-11-29(12-8-19)23-24-9-4-10-25-23/h3-6,9-10,13-14,19H,7-8,11-12,15H2,1-2H3,(H,26,31)(H,27,32). The summed E-state index contributed by atoms with van der Waals surface area (Å²) in [6, 6.07) is 11.1. The summed E-state index contributed by atoms with van der Waals surface area (Å²) >= 11 is 0. The van der Waals surface area contributed by atoms with Crippen LogP contribution in [0.25, 0.3) is 0 Å². The second-order valence-electron chi connectivity index (χ2n) is 8.04. The first kappa shape index (κ1) is 21.5. The zero-order chi connectivity index (χ0) is 22.5. The van der Waals surface area contributed by atoms with Gasteiger partial charge in [-0.15, -0.1) is 0 Å². The molecule has 1 aliphatic heterocycles. The third-order valence-electron chi connectivity index (χ3n) is 5.62. The number of aryl methyl sites for hydroxylation is 2. The number of rotatable bonds is 5. The normalized spacial score (nSPS) is 14.2. The minimum Gasteiger partial charge on any atom is -0.341 e. The van der Waals surface area contributed by atoms with Crippen LogP contribution in [0.4, 0.5) is 5.95 Å². The number of hydrogen-bond acceptors (Lipinski definition) is 6. The monoisotopic (exact) mass is 433 g/mol. The van der Waals surface area contributed by atoms with Crippen molar-refractivity contribution in [1.29, 1.82) is 0 Å². The van der Waals surface area contributed by atoms with Crippen LogP contribution in [0.2, 0.25) is 0 Å². The number of piperidine rings is 1. The van der Waals surface area contributed by atoms with E-state index in [0.717, 1.165) is 17.0 Å². The average Bonchev–Trinajstić information content (AvgIpc) is 3.14. The molecule has 0 spiro atoms. The number of nitrogens with zero attached hydrogens (tertiary/aromatic N) is 5. The minimum absolute atomic E-state index is 0.160. The molecular formula is C23H27N7O2. The van der Waals surface area contributed by atoms with Crippen molar-refractivity contribution in [3.8, 4) is 0 Å². The van der Waals surface area contributed by atoms with Gasteiger partial charge in [-0.3, -0.25) is 25.1 Å². The lowest BCUT2D eigenvalue weighted by atomic mass is 9.96. The Labute approximate surface area is 186 Å². The minimum atomic E-state index is -0.344. The summed E-state index contributed by atoms with van der Waals surface area (Å²) in [4.78, 5) is 35.7. The molecule has 166 valence electrons. The van der Waals surface area contributed by atoms with Gasteiger partial charge < -0.3 is 4.90 Å². The summed E-state index contributed by atoms with van der Waals surface area (Å²) in [5, 5.41) is 4.46. The third kappa shape index (κ3) is 5.11. The van der Waals surface area contributed by atoms with Crippen molar-refractivity contribution >= 4 is 17.8 Å². The lowest BCUT2D eigenvalue weighted by Gasteiger charge is -2.31. The van der Waals surface area contributed by atoms with E-state index >= 15 is 0 Å². The molecule has 0 bridgehead atoms. The summed E-state index contributed by atoms with van der Waals surface area (Å²) in [6.07, 6.45) is 4.78. The van der Waals surface area contributed by atoms with Crippen molar-refractivity contribution in [1.82, 2.24) is 30.6 Å². The Morgan fingerprint density at radius 3 is 2.47 bits per heavy atom. The van der Waals surface area contributed by atoms with Gasteiger partial charge in [-0.2, -0.15) is 5.10 Å². The van der Waals surface area contributed by atoms with Gasteiger partial charge >= 0.3 is 0 Å². The maximum absolute atomic E-state index is 12.6. The number of carbonyl (C=O) groups excluding carboxylic acids is 2. The van der Waals surface area contributed by atoms with Crippen LogP contribution in [0, 0.1) is 19.8 Å². The van der Waals surface area contributed by atoms with Crippen molar-refractivity contribution < 1.29 is 9.59 Å². The van der Waals surface area contributed by atoms with E-state index < -0.39 is 0 Å². The largest absolute Gasteiger partial charge is 0.341 e. The summed E-state index contributed by atoms with van der Waals surface area (Å²) in [5.41, 5.74) is 8.60. The molecule has 32 heavy (non-hydrogen) atoms. The van der Waals surface area contributed by atoms with Crippen LogP contribution < -0.4 is 15.8 Å². The molecular weight excluding hydrogens is 406 g/mol. The van der Waals surface area contributed by atoms with Gasteiger partial charge in [0.25, 0.3) is 5.91 Å². The number of carbonyl (C=O) groups is 2. The molecule has 3 heterocycles. The molecule has 0 radical (unpaired) electrons. The number of hydrogen-bond donors (Lipinski definition) is 2. The molecule has 9 nitrogen and oxygen atoms in total. The van der Waals surface area contributed by atoms with Crippen LogP contribution in [0.3, 0.4) is 0 Å². The van der Waals surface area contributed by atoms with E-state index in [1.165, 1.54) is 0 Å². The molecule has 1 aromatic carbocycles. The fraction of sp³-hybridized carbons (Fsp3) is 0.348. The second-order valence-corrected chi connectivity index (χ2v) is 8.04. The van der Waals surface area contributed by atoms with Crippen LogP contribution in [0.1, 0.15) is 40.2 Å². The number of nitrogens with one attached hydrogen (secondary N) is 2. The third-order valence-corrected chi connectivity index (χ3v) is 5.62. The highest BCUT2D eigenvalue weighted by Crippen LogP contribution is 2.20. The highest BCUT2D eigenvalue weighted by Gasteiger charge is 2.26. The highest BCUT2D eigenvalue weighted by atomic mass is 16.2. The van der Waals surface area contributed by atoms with E-state index in [-0.39, 0.29) is 17.7 Å². The van der Waals surface area contributed by atoms with Crippen molar-refractivity contribution in [2.45, 2.75) is 33.2 Å². The molecule has 2 aromatic heterocycles. The summed E-state index contributed by atoms with van der Waals surface area (Å²) < 4.78 is 1.90. The molecule has 1 aliphatic rings. The van der Waals surface area contributed by atoms with Gasteiger partial charge in [0.2, 0.25) is 11.9 Å². The van der Waals surface area contributed by atoms with Gasteiger partial charge in [-0.25, -0.2) is 9.97 Å². The summed E-state index contributed by atoms with van der Waals surface area (Å²) in [5.74, 6) is 0.00194. The van der Waals surface area contributed by atoms with E-state index in [1.807, 2.05) is 42.8 Å². The molecule has 2 amide bonds. The van der Waals surface area contributed by atoms with E-state index in [1.54, 1.807) is 24.5 Å². The molecule has 4 rings (SSSR count). The molecule has 1 fully saturated rings. The molecule has 0 unspecified atom stereocenters.